The highest BCUT2D eigenvalue weighted by molar-refractivity contribution is 7.13. The molecule has 0 amide bonds. The number of aryl methyl sites for hydroxylation is 1. The van der Waals surface area contributed by atoms with Crippen LogP contribution in [0.3, 0.4) is 0 Å². The third-order valence-electron chi connectivity index (χ3n) is 2.51. The number of esters is 1. The summed E-state index contributed by atoms with van der Waals surface area (Å²) in [6.07, 6.45) is 2.34. The molecule has 106 valence electrons. The Bertz CT molecular complexity index is 586. The number of thiazole rings is 1. The predicted octanol–water partition coefficient (Wildman–Crippen LogP) is 2.10. The maximum Gasteiger partial charge on any atom is 0.306 e. The minimum Gasteiger partial charge on any atom is -0.481 e. The molecule has 20 heavy (non-hydrogen) atoms. The summed E-state index contributed by atoms with van der Waals surface area (Å²) in [6, 6.07) is 1.73. The van der Waals surface area contributed by atoms with Crippen LogP contribution in [0.4, 0.5) is 0 Å². The summed E-state index contributed by atoms with van der Waals surface area (Å²) in [5, 5.41) is 2.70. The van der Waals surface area contributed by atoms with E-state index in [1.807, 2.05) is 5.38 Å². The highest BCUT2D eigenvalue weighted by atomic mass is 32.1. The molecule has 2 aromatic heterocycles. The lowest BCUT2D eigenvalue weighted by atomic mass is 10.2. The Morgan fingerprint density at radius 3 is 3.00 bits per heavy atom. The van der Waals surface area contributed by atoms with Crippen molar-refractivity contribution < 1.29 is 14.3 Å². The Hall–Kier alpha value is -2.02. The molecule has 0 aliphatic carbocycles. The van der Waals surface area contributed by atoms with Gasteiger partial charge < -0.3 is 9.47 Å². The van der Waals surface area contributed by atoms with Gasteiger partial charge >= 0.3 is 5.97 Å². The highest BCUT2D eigenvalue weighted by Gasteiger charge is 2.09. The first-order valence-electron chi connectivity index (χ1n) is 6.19. The first kappa shape index (κ1) is 14.4. The lowest BCUT2D eigenvalue weighted by molar-refractivity contribution is -0.143. The Morgan fingerprint density at radius 2 is 2.25 bits per heavy atom. The van der Waals surface area contributed by atoms with E-state index in [1.54, 1.807) is 20.1 Å². The normalized spacial score (nSPS) is 10.3. The van der Waals surface area contributed by atoms with Gasteiger partial charge in [-0.1, -0.05) is 0 Å². The maximum absolute atomic E-state index is 11.3. The molecule has 0 N–H and O–H groups in total. The molecule has 0 fully saturated rings. The highest BCUT2D eigenvalue weighted by Crippen LogP contribution is 2.24. The lowest BCUT2D eigenvalue weighted by Crippen LogP contribution is -2.05. The van der Waals surface area contributed by atoms with E-state index in [1.165, 1.54) is 17.7 Å². The van der Waals surface area contributed by atoms with Gasteiger partial charge in [-0.15, -0.1) is 11.3 Å². The number of aromatic nitrogens is 3. The summed E-state index contributed by atoms with van der Waals surface area (Å²) >= 11 is 1.48. The van der Waals surface area contributed by atoms with E-state index < -0.39 is 0 Å². The quantitative estimate of drug-likeness (QED) is 0.759. The van der Waals surface area contributed by atoms with Crippen molar-refractivity contribution in [3.05, 3.63) is 23.5 Å². The largest absolute Gasteiger partial charge is 0.481 e. The number of carbonyl (C=O) groups is 1. The first-order chi connectivity index (χ1) is 9.72. The molecule has 2 heterocycles. The summed E-state index contributed by atoms with van der Waals surface area (Å²) in [7, 11) is 1.55. The fraction of sp³-hybridized carbons (Fsp3) is 0.385. The fourth-order valence-corrected chi connectivity index (χ4v) is 2.39. The maximum atomic E-state index is 11.3. The van der Waals surface area contributed by atoms with Crippen LogP contribution in [-0.2, 0) is 16.0 Å². The van der Waals surface area contributed by atoms with Crippen molar-refractivity contribution >= 4 is 17.3 Å². The molecule has 0 aliphatic rings. The molecule has 7 heteroatoms. The van der Waals surface area contributed by atoms with Gasteiger partial charge in [0.15, 0.2) is 0 Å². The second kappa shape index (κ2) is 6.95. The number of carbonyl (C=O) groups excluding carboxylic acids is 1. The number of methoxy groups -OCH3 is 1. The van der Waals surface area contributed by atoms with Crippen LogP contribution in [0.15, 0.2) is 17.8 Å². The van der Waals surface area contributed by atoms with Crippen LogP contribution in [0.2, 0.25) is 0 Å². The van der Waals surface area contributed by atoms with Gasteiger partial charge in [-0.2, -0.15) is 0 Å². The molecular weight excluding hydrogens is 278 g/mol. The SMILES string of the molecule is CCOC(=O)CCc1csc(-c2cc(OC)ncn2)n1. The van der Waals surface area contributed by atoms with Crippen molar-refractivity contribution in [2.45, 2.75) is 19.8 Å². The smallest absolute Gasteiger partial charge is 0.306 e. The summed E-state index contributed by atoms with van der Waals surface area (Å²) in [5.41, 5.74) is 1.57. The zero-order chi connectivity index (χ0) is 14.4. The zero-order valence-corrected chi connectivity index (χ0v) is 12.1. The van der Waals surface area contributed by atoms with E-state index in [0.29, 0.717) is 31.0 Å². The van der Waals surface area contributed by atoms with E-state index in [9.17, 15) is 4.79 Å². The van der Waals surface area contributed by atoms with Crippen LogP contribution in [0.5, 0.6) is 5.88 Å². The third-order valence-corrected chi connectivity index (χ3v) is 3.43. The van der Waals surface area contributed by atoms with Crippen LogP contribution in [-0.4, -0.2) is 34.6 Å². The Morgan fingerprint density at radius 1 is 1.40 bits per heavy atom. The number of rotatable bonds is 6. The molecule has 0 saturated carbocycles. The topological polar surface area (TPSA) is 74.2 Å². The van der Waals surface area contributed by atoms with Gasteiger partial charge in [0, 0.05) is 17.9 Å². The molecule has 0 unspecified atom stereocenters. The van der Waals surface area contributed by atoms with Crippen LogP contribution in [0, 0.1) is 0 Å². The summed E-state index contributed by atoms with van der Waals surface area (Å²) < 4.78 is 9.94. The van der Waals surface area contributed by atoms with Crippen LogP contribution in [0.1, 0.15) is 19.0 Å². The average Bonchev–Trinajstić information content (AvgIpc) is 2.94. The first-order valence-corrected chi connectivity index (χ1v) is 7.07. The Labute approximate surface area is 120 Å². The van der Waals surface area contributed by atoms with Gasteiger partial charge in [-0.3, -0.25) is 4.79 Å². The van der Waals surface area contributed by atoms with Crippen molar-refractivity contribution in [2.24, 2.45) is 0 Å². The van der Waals surface area contributed by atoms with Crippen molar-refractivity contribution in [1.82, 2.24) is 15.0 Å². The van der Waals surface area contributed by atoms with Crippen molar-refractivity contribution in [1.29, 1.82) is 0 Å². The summed E-state index contributed by atoms with van der Waals surface area (Å²) in [4.78, 5) is 23.9. The lowest BCUT2D eigenvalue weighted by Gasteiger charge is -2.00. The van der Waals surface area contributed by atoms with Crippen molar-refractivity contribution in [3.8, 4) is 16.6 Å². The molecule has 0 bridgehead atoms. The van der Waals surface area contributed by atoms with Gasteiger partial charge in [0.25, 0.3) is 0 Å². The van der Waals surface area contributed by atoms with Crippen LogP contribution < -0.4 is 4.74 Å². The molecule has 0 atom stereocenters. The molecule has 2 aromatic rings. The number of nitrogens with zero attached hydrogens (tertiary/aromatic N) is 3. The zero-order valence-electron chi connectivity index (χ0n) is 11.3. The van der Waals surface area contributed by atoms with Gasteiger partial charge in [-0.25, -0.2) is 15.0 Å². The standard InChI is InChI=1S/C13H15N3O3S/c1-3-19-12(17)5-4-9-7-20-13(16-9)10-6-11(18-2)15-8-14-10/h6-8H,3-5H2,1-2H3. The van der Waals surface area contributed by atoms with E-state index >= 15 is 0 Å². The van der Waals surface area contributed by atoms with Crippen molar-refractivity contribution in [2.75, 3.05) is 13.7 Å². The number of hydrogen-bond donors (Lipinski definition) is 0. The number of ether oxygens (including phenoxy) is 2. The molecule has 0 saturated heterocycles. The van der Waals surface area contributed by atoms with Crippen LogP contribution in [0.25, 0.3) is 10.7 Å². The summed E-state index contributed by atoms with van der Waals surface area (Å²) in [5.74, 6) is 0.295. The van der Waals surface area contributed by atoms with Gasteiger partial charge in [0.1, 0.15) is 17.0 Å². The van der Waals surface area contributed by atoms with E-state index in [0.717, 1.165) is 10.7 Å². The number of hydrogen-bond acceptors (Lipinski definition) is 7. The van der Waals surface area contributed by atoms with Crippen LogP contribution >= 0.6 is 11.3 Å². The molecule has 0 aromatic carbocycles. The molecule has 0 radical (unpaired) electrons. The van der Waals surface area contributed by atoms with E-state index in [4.69, 9.17) is 9.47 Å². The van der Waals surface area contributed by atoms with E-state index in [2.05, 4.69) is 15.0 Å². The molecule has 6 nitrogen and oxygen atoms in total. The molecule has 0 aliphatic heterocycles. The minimum atomic E-state index is -0.203. The minimum absolute atomic E-state index is 0.203. The van der Waals surface area contributed by atoms with Gasteiger partial charge in [-0.05, 0) is 6.92 Å². The monoisotopic (exact) mass is 293 g/mol. The Kier molecular flexibility index (Phi) is 5.00. The third kappa shape index (κ3) is 3.74. The van der Waals surface area contributed by atoms with Crippen molar-refractivity contribution in [3.63, 3.8) is 0 Å². The molecule has 2 rings (SSSR count). The predicted molar refractivity (Wildman–Crippen MR) is 74.6 cm³/mol. The summed E-state index contributed by atoms with van der Waals surface area (Å²) in [6.45, 7) is 2.20. The van der Waals surface area contributed by atoms with Gasteiger partial charge in [0.05, 0.1) is 25.8 Å². The van der Waals surface area contributed by atoms with Gasteiger partial charge in [0.2, 0.25) is 5.88 Å². The molecular formula is C13H15N3O3S. The molecule has 0 spiro atoms. The average molecular weight is 293 g/mol. The fourth-order valence-electron chi connectivity index (χ4n) is 1.57. The van der Waals surface area contributed by atoms with E-state index in [-0.39, 0.29) is 5.97 Å². The second-order valence-electron chi connectivity index (χ2n) is 3.89. The Balaban J connectivity index is 2.03. The second-order valence-corrected chi connectivity index (χ2v) is 4.75.